The molecule has 1 aliphatic heterocycles. The minimum atomic E-state index is -1.06. The highest BCUT2D eigenvalue weighted by molar-refractivity contribution is 5.86. The Hall–Kier alpha value is -1.63. The molecule has 7 nitrogen and oxygen atoms in total. The van der Waals surface area contributed by atoms with E-state index in [1.165, 1.54) is 4.90 Å². The van der Waals surface area contributed by atoms with Gasteiger partial charge in [0.15, 0.2) is 6.10 Å². The molecule has 1 saturated heterocycles. The van der Waals surface area contributed by atoms with E-state index in [4.69, 9.17) is 14.6 Å². The maximum atomic E-state index is 12.2. The van der Waals surface area contributed by atoms with Crippen molar-refractivity contribution in [3.8, 4) is 0 Å². The summed E-state index contributed by atoms with van der Waals surface area (Å²) in [6, 6.07) is 0. The third-order valence-corrected chi connectivity index (χ3v) is 3.00. The average molecular weight is 287 g/mol. The zero-order chi connectivity index (χ0) is 15.1. The highest BCUT2D eigenvalue weighted by Crippen LogP contribution is 2.21. The van der Waals surface area contributed by atoms with Gasteiger partial charge in [0.05, 0.1) is 6.61 Å². The number of nitrogens with zero attached hydrogens (tertiary/aromatic N) is 1. The van der Waals surface area contributed by atoms with E-state index in [0.717, 1.165) is 0 Å². The molecule has 2 atom stereocenters. The number of ether oxygens (including phenoxy) is 2. The second kappa shape index (κ2) is 7.84. The quantitative estimate of drug-likeness (QED) is 0.682. The zero-order valence-corrected chi connectivity index (χ0v) is 11.8. The summed E-state index contributed by atoms with van der Waals surface area (Å²) in [6.45, 7) is 4.13. The van der Waals surface area contributed by atoms with E-state index in [2.05, 4.69) is 0 Å². The van der Waals surface area contributed by atoms with Gasteiger partial charge in [-0.1, -0.05) is 6.92 Å². The Bertz CT molecular complexity index is 370. The van der Waals surface area contributed by atoms with Crippen LogP contribution in [0.15, 0.2) is 0 Å². The smallest absolute Gasteiger partial charge is 0.332 e. The predicted molar refractivity (Wildman–Crippen MR) is 69.0 cm³/mol. The van der Waals surface area contributed by atoms with E-state index in [-0.39, 0.29) is 19.1 Å². The number of carbonyl (C=O) groups is 3. The Morgan fingerprint density at radius 2 is 1.90 bits per heavy atom. The number of carbonyl (C=O) groups excluding carboxylic acids is 2. The monoisotopic (exact) mass is 287 g/mol. The van der Waals surface area contributed by atoms with Gasteiger partial charge in [-0.15, -0.1) is 0 Å². The van der Waals surface area contributed by atoms with Gasteiger partial charge in [0.2, 0.25) is 0 Å². The van der Waals surface area contributed by atoms with Gasteiger partial charge < -0.3 is 19.5 Å². The molecule has 1 N–H and O–H groups in total. The highest BCUT2D eigenvalue weighted by Gasteiger charge is 2.37. The first-order valence-electron chi connectivity index (χ1n) is 6.82. The first kappa shape index (κ1) is 16.4. The molecule has 114 valence electrons. The van der Waals surface area contributed by atoms with Crippen LogP contribution in [-0.4, -0.2) is 59.8 Å². The van der Waals surface area contributed by atoms with Crippen molar-refractivity contribution < 1.29 is 29.0 Å². The summed E-state index contributed by atoms with van der Waals surface area (Å²) in [4.78, 5) is 35.9. The average Bonchev–Trinajstić information content (AvgIpc) is 2.87. The highest BCUT2D eigenvalue weighted by atomic mass is 16.5. The van der Waals surface area contributed by atoms with Gasteiger partial charge in [-0.3, -0.25) is 9.59 Å². The van der Waals surface area contributed by atoms with Crippen molar-refractivity contribution >= 4 is 17.8 Å². The standard InChI is InChI=1S/C13H21NO6/c1-3-7-14(8-11(15)19-4-2)12(16)9-5-6-10(20-9)13(17)18/h9-10H,3-8H2,1-2H3,(H,17,18)/t9-,10+/m0/s1. The van der Waals surface area contributed by atoms with Gasteiger partial charge in [-0.2, -0.15) is 0 Å². The number of rotatable bonds is 7. The summed E-state index contributed by atoms with van der Waals surface area (Å²) < 4.78 is 10.0. The van der Waals surface area contributed by atoms with Crippen LogP contribution in [0.1, 0.15) is 33.1 Å². The van der Waals surface area contributed by atoms with Gasteiger partial charge in [0, 0.05) is 6.54 Å². The minimum Gasteiger partial charge on any atom is -0.479 e. The number of hydrogen-bond donors (Lipinski definition) is 1. The molecular weight excluding hydrogens is 266 g/mol. The molecule has 0 bridgehead atoms. The fraction of sp³-hybridized carbons (Fsp3) is 0.769. The Kier molecular flexibility index (Phi) is 6.44. The van der Waals surface area contributed by atoms with Crippen molar-refractivity contribution in [3.63, 3.8) is 0 Å². The third kappa shape index (κ3) is 4.48. The summed E-state index contributed by atoms with van der Waals surface area (Å²) >= 11 is 0. The van der Waals surface area contributed by atoms with Crippen LogP contribution in [-0.2, 0) is 23.9 Å². The van der Waals surface area contributed by atoms with Crippen LogP contribution < -0.4 is 0 Å². The topological polar surface area (TPSA) is 93.1 Å². The van der Waals surface area contributed by atoms with Gasteiger partial charge in [0.25, 0.3) is 5.91 Å². The normalized spacial score (nSPS) is 21.5. The Morgan fingerprint density at radius 1 is 1.25 bits per heavy atom. The first-order chi connectivity index (χ1) is 9.49. The van der Waals surface area contributed by atoms with Gasteiger partial charge in [0.1, 0.15) is 12.6 Å². The molecule has 0 aromatic heterocycles. The number of esters is 1. The van der Waals surface area contributed by atoms with E-state index in [9.17, 15) is 14.4 Å². The maximum absolute atomic E-state index is 12.2. The van der Waals surface area contributed by atoms with Crippen LogP contribution in [0.3, 0.4) is 0 Å². The fourth-order valence-electron chi connectivity index (χ4n) is 2.10. The predicted octanol–water partition coefficient (Wildman–Crippen LogP) is 0.420. The lowest BCUT2D eigenvalue weighted by atomic mass is 10.1. The molecule has 0 saturated carbocycles. The van der Waals surface area contributed by atoms with Crippen molar-refractivity contribution in [1.29, 1.82) is 0 Å². The molecule has 0 spiro atoms. The van der Waals surface area contributed by atoms with Crippen LogP contribution >= 0.6 is 0 Å². The Labute approximate surface area is 117 Å². The SMILES string of the molecule is CCCN(CC(=O)OCC)C(=O)[C@@H]1CC[C@H](C(=O)O)O1. The van der Waals surface area contributed by atoms with Crippen molar-refractivity contribution in [2.45, 2.75) is 45.3 Å². The molecule has 1 aliphatic rings. The zero-order valence-electron chi connectivity index (χ0n) is 11.8. The van der Waals surface area contributed by atoms with E-state index < -0.39 is 24.1 Å². The van der Waals surface area contributed by atoms with E-state index in [1.54, 1.807) is 6.92 Å². The van der Waals surface area contributed by atoms with Crippen molar-refractivity contribution in [1.82, 2.24) is 4.90 Å². The van der Waals surface area contributed by atoms with Crippen LogP contribution in [0.5, 0.6) is 0 Å². The van der Waals surface area contributed by atoms with Crippen LogP contribution in [0.25, 0.3) is 0 Å². The van der Waals surface area contributed by atoms with Crippen LogP contribution in [0, 0.1) is 0 Å². The van der Waals surface area contributed by atoms with Crippen molar-refractivity contribution in [2.24, 2.45) is 0 Å². The van der Waals surface area contributed by atoms with E-state index in [0.29, 0.717) is 25.8 Å². The molecule has 1 rings (SSSR count). The lowest BCUT2D eigenvalue weighted by molar-refractivity contribution is -0.158. The molecular formula is C13H21NO6. The van der Waals surface area contributed by atoms with Gasteiger partial charge in [-0.05, 0) is 26.2 Å². The number of amides is 1. The van der Waals surface area contributed by atoms with E-state index in [1.807, 2.05) is 6.92 Å². The summed E-state index contributed by atoms with van der Waals surface area (Å²) in [6.07, 6.45) is -0.350. The lowest BCUT2D eigenvalue weighted by Crippen LogP contribution is -2.43. The van der Waals surface area contributed by atoms with Crippen LogP contribution in [0.2, 0.25) is 0 Å². The molecule has 1 heterocycles. The molecule has 0 aromatic rings. The second-order valence-corrected chi connectivity index (χ2v) is 4.59. The van der Waals surface area contributed by atoms with Crippen LogP contribution in [0.4, 0.5) is 0 Å². The minimum absolute atomic E-state index is 0.127. The molecule has 7 heteroatoms. The van der Waals surface area contributed by atoms with Crippen molar-refractivity contribution in [3.05, 3.63) is 0 Å². The van der Waals surface area contributed by atoms with Crippen molar-refractivity contribution in [2.75, 3.05) is 19.7 Å². The Morgan fingerprint density at radius 3 is 2.40 bits per heavy atom. The number of carboxylic acid groups (broad SMARTS) is 1. The molecule has 0 aliphatic carbocycles. The first-order valence-corrected chi connectivity index (χ1v) is 6.82. The summed E-state index contributed by atoms with van der Waals surface area (Å²) in [5, 5.41) is 8.85. The second-order valence-electron chi connectivity index (χ2n) is 4.59. The van der Waals surface area contributed by atoms with Gasteiger partial charge in [-0.25, -0.2) is 4.79 Å². The summed E-state index contributed by atoms with van der Waals surface area (Å²) in [7, 11) is 0. The fourth-order valence-corrected chi connectivity index (χ4v) is 2.10. The summed E-state index contributed by atoms with van der Waals surface area (Å²) in [5.74, 6) is -1.88. The van der Waals surface area contributed by atoms with E-state index >= 15 is 0 Å². The molecule has 1 fully saturated rings. The number of hydrogen-bond acceptors (Lipinski definition) is 5. The molecule has 0 unspecified atom stereocenters. The number of aliphatic carboxylic acids is 1. The largest absolute Gasteiger partial charge is 0.479 e. The molecule has 0 aromatic carbocycles. The maximum Gasteiger partial charge on any atom is 0.332 e. The Balaban J connectivity index is 2.60. The third-order valence-electron chi connectivity index (χ3n) is 3.00. The summed E-state index contributed by atoms with van der Waals surface area (Å²) in [5.41, 5.74) is 0. The molecule has 20 heavy (non-hydrogen) atoms. The molecule has 0 radical (unpaired) electrons. The van der Waals surface area contributed by atoms with Gasteiger partial charge >= 0.3 is 11.9 Å². The number of carboxylic acids is 1. The lowest BCUT2D eigenvalue weighted by Gasteiger charge is -2.24. The molecule has 1 amide bonds.